The summed E-state index contributed by atoms with van der Waals surface area (Å²) in [5.41, 5.74) is 1.65. The van der Waals surface area contributed by atoms with E-state index in [1.165, 1.54) is 11.0 Å². The summed E-state index contributed by atoms with van der Waals surface area (Å²) in [5.74, 6) is -2.15. The molecule has 1 atom stereocenters. The number of nitrogens with one attached hydrogen (secondary N) is 3. The molecule has 0 unspecified atom stereocenters. The van der Waals surface area contributed by atoms with Crippen molar-refractivity contribution in [1.82, 2.24) is 15.5 Å². The van der Waals surface area contributed by atoms with E-state index in [9.17, 15) is 23.6 Å². The van der Waals surface area contributed by atoms with Crippen molar-refractivity contribution >= 4 is 40.8 Å². The van der Waals surface area contributed by atoms with Crippen molar-refractivity contribution in [2.75, 3.05) is 18.4 Å². The monoisotopic (exact) mass is 604 g/mol. The molecule has 0 bridgehead atoms. The first-order valence-electron chi connectivity index (χ1n) is 14.4. The third-order valence-corrected chi connectivity index (χ3v) is 8.69. The Kier molecular flexibility index (Phi) is 9.22. The second-order valence-corrected chi connectivity index (χ2v) is 11.6. The van der Waals surface area contributed by atoms with Crippen LogP contribution in [0, 0.1) is 12.7 Å². The standard InChI is InChI=1S/C33H34ClFN4O4/c1-21-17-27(26(35)19-25(21)34)37-32(43)33(13-15-36-16-14-33)38-31(42)28-18-23-9-5-6-10-24(23)20-39(28)30(41)12-11-29(40)22-7-3-2-4-8-22/h2-10,17,19,28,36H,11-16,18,20H2,1H3,(H,37,43)(H,38,42)/t28-/m0/s1. The van der Waals surface area contributed by atoms with Crippen molar-refractivity contribution in [3.8, 4) is 0 Å². The molecule has 2 heterocycles. The zero-order valence-electron chi connectivity index (χ0n) is 23.9. The number of carbonyl (C=O) groups excluding carboxylic acids is 4. The number of rotatable bonds is 8. The Bertz CT molecular complexity index is 1540. The van der Waals surface area contributed by atoms with Crippen LogP contribution in [0.2, 0.25) is 5.02 Å². The minimum Gasteiger partial charge on any atom is -0.340 e. The first-order chi connectivity index (χ1) is 20.7. The molecular weight excluding hydrogens is 571 g/mol. The average Bonchev–Trinajstić information content (AvgIpc) is 3.02. The number of aryl methyl sites for hydroxylation is 1. The highest BCUT2D eigenvalue weighted by atomic mass is 35.5. The summed E-state index contributed by atoms with van der Waals surface area (Å²) in [6.45, 7) is 2.85. The van der Waals surface area contributed by atoms with E-state index in [1.807, 2.05) is 30.3 Å². The molecule has 1 fully saturated rings. The topological polar surface area (TPSA) is 108 Å². The Labute approximate surface area is 255 Å². The number of amides is 3. The Morgan fingerprint density at radius 1 is 0.977 bits per heavy atom. The number of hydrogen-bond acceptors (Lipinski definition) is 5. The van der Waals surface area contributed by atoms with Gasteiger partial charge in [-0.15, -0.1) is 0 Å². The molecular formula is C33H34ClFN4O4. The molecule has 8 nitrogen and oxygen atoms in total. The quantitative estimate of drug-likeness (QED) is 0.326. The molecule has 43 heavy (non-hydrogen) atoms. The van der Waals surface area contributed by atoms with Gasteiger partial charge in [0.15, 0.2) is 5.78 Å². The Hall–Kier alpha value is -4.08. The molecule has 2 aliphatic heterocycles. The van der Waals surface area contributed by atoms with Gasteiger partial charge in [0.05, 0.1) is 5.69 Å². The maximum atomic E-state index is 14.7. The molecule has 0 aliphatic carbocycles. The first-order valence-corrected chi connectivity index (χ1v) is 14.8. The number of benzene rings is 3. The third kappa shape index (κ3) is 6.78. The van der Waals surface area contributed by atoms with Crippen molar-refractivity contribution in [2.45, 2.75) is 57.2 Å². The number of Topliss-reactive ketones (excluding diaryl/α,β-unsaturated/α-hetero) is 1. The maximum absolute atomic E-state index is 14.7. The van der Waals surface area contributed by atoms with Crippen LogP contribution in [0.4, 0.5) is 10.1 Å². The van der Waals surface area contributed by atoms with E-state index in [2.05, 4.69) is 16.0 Å². The zero-order chi connectivity index (χ0) is 30.6. The van der Waals surface area contributed by atoms with Crippen LogP contribution < -0.4 is 16.0 Å². The van der Waals surface area contributed by atoms with Crippen LogP contribution in [0.15, 0.2) is 66.7 Å². The number of ketones is 1. The summed E-state index contributed by atoms with van der Waals surface area (Å²) in [6.07, 6.45) is 0.786. The van der Waals surface area contributed by atoms with Gasteiger partial charge in [-0.1, -0.05) is 66.2 Å². The number of nitrogens with zero attached hydrogens (tertiary/aromatic N) is 1. The fourth-order valence-electron chi connectivity index (χ4n) is 5.73. The van der Waals surface area contributed by atoms with Gasteiger partial charge in [-0.2, -0.15) is 0 Å². The van der Waals surface area contributed by atoms with E-state index >= 15 is 0 Å². The van der Waals surface area contributed by atoms with Gasteiger partial charge in [0.25, 0.3) is 0 Å². The molecule has 224 valence electrons. The fraction of sp³-hybridized carbons (Fsp3) is 0.333. The summed E-state index contributed by atoms with van der Waals surface area (Å²) < 4.78 is 14.7. The summed E-state index contributed by atoms with van der Waals surface area (Å²) in [7, 11) is 0. The lowest BCUT2D eigenvalue weighted by molar-refractivity contribution is -0.143. The third-order valence-electron chi connectivity index (χ3n) is 8.28. The maximum Gasteiger partial charge on any atom is 0.250 e. The van der Waals surface area contributed by atoms with E-state index in [-0.39, 0.29) is 61.0 Å². The second kappa shape index (κ2) is 13.1. The molecule has 0 aromatic heterocycles. The largest absolute Gasteiger partial charge is 0.340 e. The summed E-state index contributed by atoms with van der Waals surface area (Å²) >= 11 is 6.03. The van der Waals surface area contributed by atoms with Crippen LogP contribution in [0.5, 0.6) is 0 Å². The van der Waals surface area contributed by atoms with Gasteiger partial charge in [-0.25, -0.2) is 4.39 Å². The van der Waals surface area contributed by atoms with Crippen LogP contribution in [0.25, 0.3) is 0 Å². The molecule has 5 rings (SSSR count). The molecule has 2 aliphatic rings. The van der Waals surface area contributed by atoms with Crippen molar-refractivity contribution in [1.29, 1.82) is 0 Å². The highest BCUT2D eigenvalue weighted by Gasteiger charge is 2.44. The Morgan fingerprint density at radius 3 is 2.37 bits per heavy atom. The highest BCUT2D eigenvalue weighted by molar-refractivity contribution is 6.31. The summed E-state index contributed by atoms with van der Waals surface area (Å²) in [4.78, 5) is 55.5. The Balaban J connectivity index is 1.37. The number of fused-ring (bicyclic) bond motifs is 1. The van der Waals surface area contributed by atoms with Gasteiger partial charge in [0.2, 0.25) is 17.7 Å². The number of hydrogen-bond donors (Lipinski definition) is 3. The molecule has 3 N–H and O–H groups in total. The SMILES string of the molecule is Cc1cc(NC(=O)C2(NC(=O)[C@@H]3Cc4ccccc4CN3C(=O)CCC(=O)c3ccccc3)CCNCC2)c(F)cc1Cl. The lowest BCUT2D eigenvalue weighted by Crippen LogP contribution is -2.65. The van der Waals surface area contributed by atoms with Gasteiger partial charge < -0.3 is 20.9 Å². The van der Waals surface area contributed by atoms with E-state index in [0.29, 0.717) is 24.2 Å². The van der Waals surface area contributed by atoms with E-state index in [4.69, 9.17) is 11.6 Å². The predicted molar refractivity (Wildman–Crippen MR) is 162 cm³/mol. The predicted octanol–water partition coefficient (Wildman–Crippen LogP) is 4.58. The van der Waals surface area contributed by atoms with Crippen LogP contribution in [-0.2, 0) is 27.3 Å². The highest BCUT2D eigenvalue weighted by Crippen LogP contribution is 2.29. The van der Waals surface area contributed by atoms with Crippen molar-refractivity contribution < 1.29 is 23.6 Å². The van der Waals surface area contributed by atoms with Crippen molar-refractivity contribution in [2.24, 2.45) is 0 Å². The minimum atomic E-state index is -1.32. The van der Waals surface area contributed by atoms with E-state index < -0.39 is 29.2 Å². The fourth-order valence-corrected chi connectivity index (χ4v) is 5.88. The molecule has 0 spiro atoms. The first kappa shape index (κ1) is 30.4. The lowest BCUT2D eigenvalue weighted by Gasteiger charge is -2.41. The van der Waals surface area contributed by atoms with Gasteiger partial charge in [0.1, 0.15) is 17.4 Å². The summed E-state index contributed by atoms with van der Waals surface area (Å²) in [5, 5.41) is 9.08. The van der Waals surface area contributed by atoms with E-state index in [0.717, 1.165) is 17.2 Å². The average molecular weight is 605 g/mol. The Morgan fingerprint density at radius 2 is 1.65 bits per heavy atom. The van der Waals surface area contributed by atoms with Crippen LogP contribution in [0.1, 0.15) is 52.7 Å². The number of halogens is 2. The van der Waals surface area contributed by atoms with Crippen LogP contribution in [0.3, 0.4) is 0 Å². The normalized spacial score (nSPS) is 17.5. The van der Waals surface area contributed by atoms with Crippen LogP contribution in [-0.4, -0.2) is 53.1 Å². The minimum absolute atomic E-state index is 0.0133. The molecule has 0 saturated carbocycles. The lowest BCUT2D eigenvalue weighted by atomic mass is 9.85. The molecule has 3 aromatic carbocycles. The van der Waals surface area contributed by atoms with Gasteiger partial charge in [-0.05, 0) is 61.7 Å². The molecule has 10 heteroatoms. The van der Waals surface area contributed by atoms with Crippen molar-refractivity contribution in [3.05, 3.63) is 99.8 Å². The second-order valence-electron chi connectivity index (χ2n) is 11.2. The zero-order valence-corrected chi connectivity index (χ0v) is 24.7. The van der Waals surface area contributed by atoms with Gasteiger partial charge in [0, 0.05) is 36.4 Å². The van der Waals surface area contributed by atoms with Crippen LogP contribution >= 0.6 is 11.6 Å². The summed E-state index contributed by atoms with van der Waals surface area (Å²) in [6, 6.07) is 18.1. The number of carbonyl (C=O) groups is 4. The number of anilines is 1. The molecule has 0 radical (unpaired) electrons. The number of piperidine rings is 1. The van der Waals surface area contributed by atoms with Crippen molar-refractivity contribution in [3.63, 3.8) is 0 Å². The smallest absolute Gasteiger partial charge is 0.250 e. The van der Waals surface area contributed by atoms with E-state index in [1.54, 1.807) is 31.2 Å². The molecule has 1 saturated heterocycles. The van der Waals surface area contributed by atoms with Gasteiger partial charge >= 0.3 is 0 Å². The molecule has 3 aromatic rings. The molecule has 3 amide bonds. The van der Waals surface area contributed by atoms with Gasteiger partial charge in [-0.3, -0.25) is 19.2 Å².